The summed E-state index contributed by atoms with van der Waals surface area (Å²) in [6.45, 7) is 7.95. The molecule has 2 aliphatic rings. The molecule has 1 atom stereocenters. The summed E-state index contributed by atoms with van der Waals surface area (Å²) in [4.78, 5) is 14.8. The number of nitrogens with zero attached hydrogens (tertiary/aromatic N) is 1. The molecule has 1 saturated heterocycles. The summed E-state index contributed by atoms with van der Waals surface area (Å²) in [6.07, 6.45) is 5.75. The Morgan fingerprint density at radius 1 is 1.18 bits per heavy atom. The third-order valence-electron chi connectivity index (χ3n) is 5.99. The van der Waals surface area contributed by atoms with Crippen LogP contribution >= 0.6 is 0 Å². The number of anilines is 1. The molecule has 2 aromatic rings. The monoisotopic (exact) mass is 376 g/mol. The molecule has 146 valence electrons. The number of amides is 1. The van der Waals surface area contributed by atoms with E-state index in [0.29, 0.717) is 13.0 Å². The van der Waals surface area contributed by atoms with Crippen molar-refractivity contribution >= 4 is 17.7 Å². The van der Waals surface area contributed by atoms with Gasteiger partial charge >= 0.3 is 0 Å². The van der Waals surface area contributed by atoms with Gasteiger partial charge in [-0.1, -0.05) is 57.2 Å². The fourth-order valence-electron chi connectivity index (χ4n) is 4.46. The number of hydrogen-bond donors (Lipinski definition) is 1. The number of fused-ring (bicyclic) bond motifs is 3. The molecule has 0 radical (unpaired) electrons. The molecule has 2 aromatic carbocycles. The highest BCUT2D eigenvalue weighted by Crippen LogP contribution is 2.52. The van der Waals surface area contributed by atoms with Gasteiger partial charge in [0.15, 0.2) is 0 Å². The second-order valence-electron chi connectivity index (χ2n) is 8.11. The van der Waals surface area contributed by atoms with Crippen LogP contribution in [0.3, 0.4) is 0 Å². The maximum Gasteiger partial charge on any atom is 0.223 e. The van der Waals surface area contributed by atoms with E-state index in [-0.39, 0.29) is 11.3 Å². The Kier molecular flexibility index (Phi) is 4.66. The molecule has 0 aromatic heterocycles. The van der Waals surface area contributed by atoms with Crippen LogP contribution in [-0.4, -0.2) is 24.7 Å². The molecule has 28 heavy (non-hydrogen) atoms. The first-order chi connectivity index (χ1) is 13.5. The standard InChI is InChI=1S/C24H28N2O2/c1-4-16-28-19-9-7-8-18(17-19)12-14-24-23(2,3)20-10-5-6-11-21(20)26(24)15-13-22(27)25-24/h5-12,14,17H,4,13,15-16H2,1-3H3,(H,25,27)/b14-12+/t24-/m1/s1. The van der Waals surface area contributed by atoms with Gasteiger partial charge in [-0.25, -0.2) is 0 Å². The number of ether oxygens (including phenoxy) is 1. The second-order valence-corrected chi connectivity index (χ2v) is 8.11. The lowest BCUT2D eigenvalue weighted by atomic mass is 9.74. The molecule has 0 unspecified atom stereocenters. The first-order valence-electron chi connectivity index (χ1n) is 10.1. The van der Waals surface area contributed by atoms with Crippen LogP contribution in [0, 0.1) is 0 Å². The second kappa shape index (κ2) is 7.01. The van der Waals surface area contributed by atoms with Gasteiger partial charge in [0.05, 0.1) is 6.61 Å². The van der Waals surface area contributed by atoms with E-state index in [1.807, 2.05) is 18.2 Å². The minimum atomic E-state index is -0.577. The van der Waals surface area contributed by atoms with Crippen molar-refractivity contribution in [1.82, 2.24) is 5.32 Å². The Morgan fingerprint density at radius 3 is 2.82 bits per heavy atom. The van der Waals surface area contributed by atoms with Crippen molar-refractivity contribution in [1.29, 1.82) is 0 Å². The molecule has 4 heteroatoms. The zero-order chi connectivity index (χ0) is 19.8. The Hall–Kier alpha value is -2.75. The minimum Gasteiger partial charge on any atom is -0.494 e. The molecule has 0 spiro atoms. The molecule has 4 rings (SSSR count). The van der Waals surface area contributed by atoms with Gasteiger partial charge in [-0.2, -0.15) is 0 Å². The van der Waals surface area contributed by atoms with Crippen molar-refractivity contribution in [2.24, 2.45) is 0 Å². The van der Waals surface area contributed by atoms with Crippen LogP contribution in [0.15, 0.2) is 54.6 Å². The van der Waals surface area contributed by atoms with Crippen molar-refractivity contribution in [2.45, 2.75) is 44.7 Å². The highest BCUT2D eigenvalue weighted by Gasteiger charge is 2.57. The van der Waals surface area contributed by atoms with Gasteiger partial charge in [-0.3, -0.25) is 4.79 Å². The summed E-state index contributed by atoms with van der Waals surface area (Å²) >= 11 is 0. The highest BCUT2D eigenvalue weighted by molar-refractivity contribution is 5.84. The van der Waals surface area contributed by atoms with Crippen LogP contribution in [0.25, 0.3) is 6.08 Å². The SMILES string of the molecule is CCCOc1cccc(/C=C/[C@@]23NC(=O)CCN2c2ccccc2C3(C)C)c1. The molecule has 1 N–H and O–H groups in total. The first-order valence-corrected chi connectivity index (χ1v) is 10.1. The van der Waals surface area contributed by atoms with Crippen LogP contribution in [-0.2, 0) is 10.2 Å². The Balaban J connectivity index is 1.74. The molecular formula is C24H28N2O2. The molecule has 0 bridgehead atoms. The van der Waals surface area contributed by atoms with Gasteiger partial charge in [-0.05, 0) is 41.8 Å². The molecule has 2 aliphatic heterocycles. The molecule has 2 heterocycles. The van der Waals surface area contributed by atoms with Gasteiger partial charge in [0.2, 0.25) is 5.91 Å². The Morgan fingerprint density at radius 2 is 2.00 bits per heavy atom. The van der Waals surface area contributed by atoms with E-state index in [1.165, 1.54) is 11.3 Å². The number of rotatable bonds is 5. The van der Waals surface area contributed by atoms with Crippen molar-refractivity contribution in [3.63, 3.8) is 0 Å². The zero-order valence-corrected chi connectivity index (χ0v) is 16.9. The molecular weight excluding hydrogens is 348 g/mol. The van der Waals surface area contributed by atoms with E-state index in [1.54, 1.807) is 0 Å². The van der Waals surface area contributed by atoms with E-state index in [4.69, 9.17) is 4.74 Å². The normalized spacial score (nSPS) is 22.7. The summed E-state index contributed by atoms with van der Waals surface area (Å²) in [7, 11) is 0. The van der Waals surface area contributed by atoms with Crippen LogP contribution < -0.4 is 15.0 Å². The maximum atomic E-state index is 12.4. The number of carbonyl (C=O) groups is 1. The zero-order valence-electron chi connectivity index (χ0n) is 16.9. The highest BCUT2D eigenvalue weighted by atomic mass is 16.5. The van der Waals surface area contributed by atoms with Gasteiger partial charge in [0, 0.05) is 24.1 Å². The number of nitrogens with one attached hydrogen (secondary N) is 1. The molecule has 0 saturated carbocycles. The fraction of sp³-hybridized carbons (Fsp3) is 0.375. The van der Waals surface area contributed by atoms with Crippen molar-refractivity contribution in [3.8, 4) is 5.75 Å². The fourth-order valence-corrected chi connectivity index (χ4v) is 4.46. The lowest BCUT2D eigenvalue weighted by molar-refractivity contribution is -0.124. The Labute approximate surface area is 167 Å². The molecule has 4 nitrogen and oxygen atoms in total. The quantitative estimate of drug-likeness (QED) is 0.835. The average molecular weight is 377 g/mol. The van der Waals surface area contributed by atoms with E-state index < -0.39 is 5.66 Å². The summed E-state index contributed by atoms with van der Waals surface area (Å²) in [5.41, 5.74) is 2.70. The lowest BCUT2D eigenvalue weighted by Gasteiger charge is -2.49. The third kappa shape index (κ3) is 2.88. The van der Waals surface area contributed by atoms with Crippen molar-refractivity contribution < 1.29 is 9.53 Å². The number of hydrogen-bond acceptors (Lipinski definition) is 3. The van der Waals surface area contributed by atoms with E-state index >= 15 is 0 Å². The minimum absolute atomic E-state index is 0.0989. The summed E-state index contributed by atoms with van der Waals surface area (Å²) in [6, 6.07) is 16.6. The van der Waals surface area contributed by atoms with Crippen LogP contribution in [0.2, 0.25) is 0 Å². The Bertz CT molecular complexity index is 918. The number of carbonyl (C=O) groups excluding carboxylic acids is 1. The van der Waals surface area contributed by atoms with E-state index in [9.17, 15) is 4.79 Å². The predicted molar refractivity (Wildman–Crippen MR) is 114 cm³/mol. The molecule has 0 aliphatic carbocycles. The lowest BCUT2D eigenvalue weighted by Crippen LogP contribution is -2.68. The van der Waals surface area contributed by atoms with Gasteiger partial charge in [-0.15, -0.1) is 0 Å². The smallest absolute Gasteiger partial charge is 0.223 e. The topological polar surface area (TPSA) is 41.6 Å². The molecule has 1 fully saturated rings. The van der Waals surface area contributed by atoms with E-state index in [0.717, 1.165) is 24.3 Å². The predicted octanol–water partition coefficient (Wildman–Crippen LogP) is 4.50. The van der Waals surface area contributed by atoms with Gasteiger partial charge in [0.25, 0.3) is 0 Å². The number of para-hydroxylation sites is 1. The maximum absolute atomic E-state index is 12.4. The van der Waals surface area contributed by atoms with Crippen LogP contribution in [0.1, 0.15) is 44.7 Å². The van der Waals surface area contributed by atoms with Crippen molar-refractivity contribution in [2.75, 3.05) is 18.1 Å². The van der Waals surface area contributed by atoms with Crippen molar-refractivity contribution in [3.05, 3.63) is 65.7 Å². The average Bonchev–Trinajstić information content (AvgIpc) is 2.89. The van der Waals surface area contributed by atoms with Gasteiger partial charge in [0.1, 0.15) is 11.4 Å². The number of benzene rings is 2. The van der Waals surface area contributed by atoms with E-state index in [2.05, 4.69) is 73.5 Å². The summed E-state index contributed by atoms with van der Waals surface area (Å²) in [5, 5.41) is 3.32. The van der Waals surface area contributed by atoms with Gasteiger partial charge < -0.3 is 15.0 Å². The van der Waals surface area contributed by atoms with Crippen LogP contribution in [0.5, 0.6) is 5.75 Å². The summed E-state index contributed by atoms with van der Waals surface area (Å²) in [5.74, 6) is 0.974. The first kappa shape index (κ1) is 18.6. The summed E-state index contributed by atoms with van der Waals surface area (Å²) < 4.78 is 5.77. The molecule has 1 amide bonds. The largest absolute Gasteiger partial charge is 0.494 e. The van der Waals surface area contributed by atoms with Crippen LogP contribution in [0.4, 0.5) is 5.69 Å². The third-order valence-corrected chi connectivity index (χ3v) is 5.99.